The van der Waals surface area contributed by atoms with Gasteiger partial charge < -0.3 is 29.2 Å². The van der Waals surface area contributed by atoms with Crippen LogP contribution in [0.1, 0.15) is 6.42 Å². The van der Waals surface area contributed by atoms with E-state index < -0.39 is 0 Å². The zero-order valence-electron chi connectivity index (χ0n) is 14.1. The van der Waals surface area contributed by atoms with Crippen LogP contribution in [0.15, 0.2) is 45.6 Å². The highest BCUT2D eigenvalue weighted by molar-refractivity contribution is 5.90. The Hall–Kier alpha value is -3.19. The zero-order chi connectivity index (χ0) is 18.7. The van der Waals surface area contributed by atoms with Crippen LogP contribution in [0.3, 0.4) is 0 Å². The van der Waals surface area contributed by atoms with Crippen LogP contribution >= 0.6 is 0 Å². The topological polar surface area (TPSA) is 109 Å². The van der Waals surface area contributed by atoms with Gasteiger partial charge in [0, 0.05) is 30.7 Å². The SMILES string of the molecule is COc1c(O)cc2oc(-c3ccc(O)cc3)cc(=O)c2c1OCCCO. The highest BCUT2D eigenvalue weighted by Crippen LogP contribution is 2.42. The summed E-state index contributed by atoms with van der Waals surface area (Å²) in [4.78, 5) is 12.7. The molecule has 3 aromatic rings. The summed E-state index contributed by atoms with van der Waals surface area (Å²) in [5, 5.41) is 28.6. The van der Waals surface area contributed by atoms with E-state index in [1.807, 2.05) is 0 Å². The van der Waals surface area contributed by atoms with Crippen LogP contribution in [0.4, 0.5) is 0 Å². The fourth-order valence-corrected chi connectivity index (χ4v) is 2.60. The fraction of sp³-hybridized carbons (Fsp3) is 0.211. The second-order valence-electron chi connectivity index (χ2n) is 5.58. The Morgan fingerprint density at radius 1 is 1.08 bits per heavy atom. The quantitative estimate of drug-likeness (QED) is 0.581. The molecule has 0 saturated carbocycles. The van der Waals surface area contributed by atoms with Crippen molar-refractivity contribution in [1.29, 1.82) is 0 Å². The summed E-state index contributed by atoms with van der Waals surface area (Å²) in [5.41, 5.74) is 0.365. The second-order valence-corrected chi connectivity index (χ2v) is 5.58. The van der Waals surface area contributed by atoms with Gasteiger partial charge in [-0.05, 0) is 24.3 Å². The van der Waals surface area contributed by atoms with E-state index in [0.717, 1.165) is 0 Å². The molecule has 0 fully saturated rings. The van der Waals surface area contributed by atoms with Crippen LogP contribution in [0.5, 0.6) is 23.0 Å². The highest BCUT2D eigenvalue weighted by Gasteiger charge is 2.20. The normalized spacial score (nSPS) is 10.8. The van der Waals surface area contributed by atoms with Crippen LogP contribution < -0.4 is 14.9 Å². The number of aliphatic hydroxyl groups is 1. The monoisotopic (exact) mass is 358 g/mol. The van der Waals surface area contributed by atoms with Crippen molar-refractivity contribution < 1.29 is 29.2 Å². The van der Waals surface area contributed by atoms with Crippen molar-refractivity contribution in [3.63, 3.8) is 0 Å². The molecular formula is C19H18O7. The first-order chi connectivity index (χ1) is 12.5. The molecule has 26 heavy (non-hydrogen) atoms. The van der Waals surface area contributed by atoms with Gasteiger partial charge in [-0.2, -0.15) is 0 Å². The lowest BCUT2D eigenvalue weighted by Crippen LogP contribution is -2.07. The Morgan fingerprint density at radius 3 is 2.46 bits per heavy atom. The number of phenols is 2. The number of hydrogen-bond donors (Lipinski definition) is 3. The Labute approximate surface area is 148 Å². The van der Waals surface area contributed by atoms with Crippen LogP contribution in [-0.2, 0) is 0 Å². The lowest BCUT2D eigenvalue weighted by Gasteiger charge is -2.14. The van der Waals surface area contributed by atoms with Crippen molar-refractivity contribution in [2.75, 3.05) is 20.3 Å². The molecule has 1 heterocycles. The number of phenolic OH excluding ortho intramolecular Hbond substituents is 2. The maximum Gasteiger partial charge on any atom is 0.204 e. The third-order valence-corrected chi connectivity index (χ3v) is 3.81. The largest absolute Gasteiger partial charge is 0.508 e. The average Bonchev–Trinajstić information content (AvgIpc) is 2.62. The zero-order valence-corrected chi connectivity index (χ0v) is 14.1. The second kappa shape index (κ2) is 7.37. The first-order valence-corrected chi connectivity index (χ1v) is 7.96. The number of methoxy groups -OCH3 is 1. The molecule has 2 aromatic carbocycles. The Bertz CT molecular complexity index is 974. The minimum atomic E-state index is -0.369. The molecule has 1 aromatic heterocycles. The lowest BCUT2D eigenvalue weighted by atomic mass is 10.1. The van der Waals surface area contributed by atoms with Crippen molar-refractivity contribution in [1.82, 2.24) is 0 Å². The summed E-state index contributed by atoms with van der Waals surface area (Å²) in [6.07, 6.45) is 0.358. The van der Waals surface area contributed by atoms with E-state index in [0.29, 0.717) is 12.0 Å². The number of fused-ring (bicyclic) bond motifs is 1. The summed E-state index contributed by atoms with van der Waals surface area (Å²) in [6, 6.07) is 8.79. The van der Waals surface area contributed by atoms with Gasteiger partial charge in [0.1, 0.15) is 22.5 Å². The van der Waals surface area contributed by atoms with Crippen LogP contribution in [0, 0.1) is 0 Å². The highest BCUT2D eigenvalue weighted by atomic mass is 16.5. The van der Waals surface area contributed by atoms with Crippen molar-refractivity contribution in [3.05, 3.63) is 46.6 Å². The van der Waals surface area contributed by atoms with E-state index in [2.05, 4.69) is 0 Å². The molecule has 7 heteroatoms. The van der Waals surface area contributed by atoms with Crippen molar-refractivity contribution in [2.45, 2.75) is 6.42 Å². The van der Waals surface area contributed by atoms with E-state index in [1.165, 1.54) is 31.4 Å². The number of hydrogen-bond acceptors (Lipinski definition) is 7. The van der Waals surface area contributed by atoms with Crippen LogP contribution in [-0.4, -0.2) is 35.6 Å². The predicted molar refractivity (Wildman–Crippen MR) is 95.0 cm³/mol. The third kappa shape index (κ3) is 3.29. The minimum absolute atomic E-state index is 0.0279. The molecule has 136 valence electrons. The van der Waals surface area contributed by atoms with Crippen molar-refractivity contribution in [3.8, 4) is 34.3 Å². The summed E-state index contributed by atoms with van der Waals surface area (Å²) >= 11 is 0. The summed E-state index contributed by atoms with van der Waals surface area (Å²) in [7, 11) is 1.35. The molecular weight excluding hydrogens is 340 g/mol. The first-order valence-electron chi connectivity index (χ1n) is 7.96. The maximum absolute atomic E-state index is 12.7. The molecule has 3 N–H and O–H groups in total. The van der Waals surface area contributed by atoms with E-state index in [9.17, 15) is 15.0 Å². The maximum atomic E-state index is 12.7. The van der Waals surface area contributed by atoms with Gasteiger partial charge in [0.25, 0.3) is 0 Å². The van der Waals surface area contributed by atoms with Gasteiger partial charge in [-0.1, -0.05) is 0 Å². The Kier molecular flexibility index (Phi) is 4.99. The average molecular weight is 358 g/mol. The predicted octanol–water partition coefficient (Wildman–Crippen LogP) is 2.64. The molecule has 0 aliphatic carbocycles. The molecule has 0 spiro atoms. The van der Waals surface area contributed by atoms with Crippen LogP contribution in [0.25, 0.3) is 22.3 Å². The summed E-state index contributed by atoms with van der Waals surface area (Å²) < 4.78 is 16.5. The number of benzene rings is 2. The number of aliphatic hydroxyl groups excluding tert-OH is 1. The number of ether oxygens (including phenoxy) is 2. The molecule has 0 aliphatic heterocycles. The van der Waals surface area contributed by atoms with Crippen molar-refractivity contribution >= 4 is 11.0 Å². The van der Waals surface area contributed by atoms with E-state index in [-0.39, 0.29) is 58.4 Å². The summed E-state index contributed by atoms with van der Waals surface area (Å²) in [5.74, 6) is 0.249. The van der Waals surface area contributed by atoms with Gasteiger partial charge >= 0.3 is 0 Å². The van der Waals surface area contributed by atoms with Crippen molar-refractivity contribution in [2.24, 2.45) is 0 Å². The Morgan fingerprint density at radius 2 is 1.81 bits per heavy atom. The molecule has 0 aliphatic rings. The van der Waals surface area contributed by atoms with Gasteiger partial charge in [0.05, 0.1) is 13.7 Å². The number of rotatable bonds is 6. The lowest BCUT2D eigenvalue weighted by molar-refractivity contribution is 0.228. The van der Waals surface area contributed by atoms with Gasteiger partial charge in [0.2, 0.25) is 5.75 Å². The smallest absolute Gasteiger partial charge is 0.204 e. The van der Waals surface area contributed by atoms with Crippen LogP contribution in [0.2, 0.25) is 0 Å². The minimum Gasteiger partial charge on any atom is -0.508 e. The van der Waals surface area contributed by atoms with E-state index in [1.54, 1.807) is 12.1 Å². The standard InChI is InChI=1S/C19H18O7/c1-24-18-14(23)10-16-17(19(18)25-8-2-7-20)13(22)9-15(26-16)11-3-5-12(21)6-4-11/h3-6,9-10,20-21,23H,2,7-8H2,1H3. The molecule has 0 bridgehead atoms. The Balaban J connectivity index is 2.19. The fourth-order valence-electron chi connectivity index (χ4n) is 2.60. The molecule has 7 nitrogen and oxygen atoms in total. The molecule has 0 atom stereocenters. The van der Waals surface area contributed by atoms with Gasteiger partial charge in [-0.25, -0.2) is 0 Å². The van der Waals surface area contributed by atoms with E-state index >= 15 is 0 Å². The number of aromatic hydroxyl groups is 2. The first kappa shape index (κ1) is 17.6. The molecule has 0 amide bonds. The molecule has 0 radical (unpaired) electrons. The molecule has 0 unspecified atom stereocenters. The third-order valence-electron chi connectivity index (χ3n) is 3.81. The van der Waals surface area contributed by atoms with Gasteiger partial charge in [-0.15, -0.1) is 0 Å². The molecule has 0 saturated heterocycles. The summed E-state index contributed by atoms with van der Waals surface area (Å²) in [6.45, 7) is 0.0727. The van der Waals surface area contributed by atoms with Gasteiger partial charge in [0.15, 0.2) is 16.9 Å². The van der Waals surface area contributed by atoms with E-state index in [4.69, 9.17) is 19.0 Å². The molecule has 3 rings (SSSR count). The van der Waals surface area contributed by atoms with Gasteiger partial charge in [-0.3, -0.25) is 4.79 Å².